The first kappa shape index (κ1) is 14.4. The second kappa shape index (κ2) is 5.93. The van der Waals surface area contributed by atoms with Crippen LogP contribution in [0.15, 0.2) is 24.3 Å². The fourth-order valence-corrected chi connectivity index (χ4v) is 2.63. The molecule has 1 saturated carbocycles. The highest BCUT2D eigenvalue weighted by Crippen LogP contribution is 2.38. The van der Waals surface area contributed by atoms with Gasteiger partial charge in [-0.15, -0.1) is 0 Å². The molecule has 3 heteroatoms. The molecule has 2 rings (SSSR count). The molecule has 1 aromatic carbocycles. The molecule has 1 aliphatic rings. The Morgan fingerprint density at radius 1 is 1.26 bits per heavy atom. The predicted molar refractivity (Wildman–Crippen MR) is 77.4 cm³/mol. The maximum Gasteiger partial charge on any atom is 0.119 e. The van der Waals surface area contributed by atoms with E-state index in [-0.39, 0.29) is 17.6 Å². The first-order valence-corrected chi connectivity index (χ1v) is 7.03. The molecule has 0 aromatic heterocycles. The molecule has 1 aliphatic carbocycles. The maximum atomic E-state index is 6.26. The molecule has 0 heterocycles. The fraction of sp³-hybridized carbons (Fsp3) is 0.625. The summed E-state index contributed by atoms with van der Waals surface area (Å²) in [4.78, 5) is 0. The minimum Gasteiger partial charge on any atom is -0.489 e. The zero-order valence-corrected chi connectivity index (χ0v) is 12.2. The summed E-state index contributed by atoms with van der Waals surface area (Å²) in [6.45, 7) is 5.19. The lowest BCUT2D eigenvalue weighted by Crippen LogP contribution is -2.42. The van der Waals surface area contributed by atoms with Crippen LogP contribution < -0.4 is 10.5 Å². The Morgan fingerprint density at radius 3 is 2.47 bits per heavy atom. The van der Waals surface area contributed by atoms with E-state index in [0.29, 0.717) is 0 Å². The van der Waals surface area contributed by atoms with Gasteiger partial charge in [0.25, 0.3) is 0 Å². The number of ether oxygens (including phenoxy) is 2. The molecule has 106 valence electrons. The van der Waals surface area contributed by atoms with Crippen LogP contribution in [-0.4, -0.2) is 25.9 Å². The Labute approximate surface area is 116 Å². The van der Waals surface area contributed by atoms with Gasteiger partial charge in [-0.3, -0.25) is 0 Å². The minimum absolute atomic E-state index is 0.112. The van der Waals surface area contributed by atoms with Crippen LogP contribution in [-0.2, 0) is 11.2 Å². The summed E-state index contributed by atoms with van der Waals surface area (Å²) in [6, 6.07) is 8.37. The Balaban J connectivity index is 1.93. The average Bonchev–Trinajstić information content (AvgIpc) is 2.65. The van der Waals surface area contributed by atoms with Crippen molar-refractivity contribution in [2.45, 2.75) is 45.3 Å². The van der Waals surface area contributed by atoms with E-state index in [1.54, 1.807) is 7.11 Å². The molecule has 3 nitrogen and oxygen atoms in total. The van der Waals surface area contributed by atoms with Crippen molar-refractivity contribution in [1.82, 2.24) is 0 Å². The number of methoxy groups -OCH3 is 1. The van der Waals surface area contributed by atoms with Gasteiger partial charge >= 0.3 is 0 Å². The maximum absolute atomic E-state index is 6.26. The molecule has 2 atom stereocenters. The zero-order chi connectivity index (χ0) is 13.9. The second-order valence-corrected chi connectivity index (χ2v) is 6.10. The van der Waals surface area contributed by atoms with Crippen molar-refractivity contribution in [1.29, 1.82) is 0 Å². The lowest BCUT2D eigenvalue weighted by molar-refractivity contribution is 0.164. The van der Waals surface area contributed by atoms with E-state index in [1.807, 2.05) is 12.1 Å². The largest absolute Gasteiger partial charge is 0.489 e. The van der Waals surface area contributed by atoms with Gasteiger partial charge in [0.1, 0.15) is 11.9 Å². The number of benzene rings is 1. The highest BCUT2D eigenvalue weighted by molar-refractivity contribution is 5.28. The van der Waals surface area contributed by atoms with Gasteiger partial charge in [0.2, 0.25) is 0 Å². The number of rotatable bonds is 5. The van der Waals surface area contributed by atoms with Gasteiger partial charge < -0.3 is 15.2 Å². The van der Waals surface area contributed by atoms with Crippen LogP contribution in [0, 0.1) is 5.41 Å². The Bertz CT molecular complexity index is 400. The van der Waals surface area contributed by atoms with Crippen molar-refractivity contribution in [3.05, 3.63) is 29.8 Å². The zero-order valence-electron chi connectivity index (χ0n) is 12.2. The van der Waals surface area contributed by atoms with Crippen molar-refractivity contribution in [2.75, 3.05) is 13.7 Å². The summed E-state index contributed by atoms with van der Waals surface area (Å²) in [6.07, 6.45) is 3.25. The first-order valence-electron chi connectivity index (χ1n) is 7.03. The smallest absolute Gasteiger partial charge is 0.119 e. The van der Waals surface area contributed by atoms with E-state index in [2.05, 4.69) is 26.0 Å². The molecule has 1 fully saturated rings. The van der Waals surface area contributed by atoms with Gasteiger partial charge in [-0.2, -0.15) is 0 Å². The van der Waals surface area contributed by atoms with Crippen molar-refractivity contribution in [3.8, 4) is 5.75 Å². The molecule has 2 N–H and O–H groups in total. The SMILES string of the molecule is COCCc1ccc(OC2CCC(C)(C)C2N)cc1. The molecule has 0 amide bonds. The summed E-state index contributed by atoms with van der Waals surface area (Å²) in [5, 5.41) is 0. The molecular formula is C16H25NO2. The molecule has 19 heavy (non-hydrogen) atoms. The lowest BCUT2D eigenvalue weighted by atomic mass is 9.88. The third-order valence-electron chi connectivity index (χ3n) is 4.18. The van der Waals surface area contributed by atoms with Crippen molar-refractivity contribution < 1.29 is 9.47 Å². The summed E-state index contributed by atoms with van der Waals surface area (Å²) >= 11 is 0. The molecular weight excluding hydrogens is 238 g/mol. The van der Waals surface area contributed by atoms with E-state index < -0.39 is 0 Å². The molecule has 0 saturated heterocycles. The Hall–Kier alpha value is -1.06. The van der Waals surface area contributed by atoms with Gasteiger partial charge in [0.05, 0.1) is 6.61 Å². The monoisotopic (exact) mass is 263 g/mol. The van der Waals surface area contributed by atoms with E-state index in [4.69, 9.17) is 15.2 Å². The standard InChI is InChI=1S/C16H25NO2/c1-16(2)10-8-14(15(16)17)19-13-6-4-12(5-7-13)9-11-18-3/h4-7,14-15H,8-11,17H2,1-3H3. The van der Waals surface area contributed by atoms with Crippen LogP contribution in [0.3, 0.4) is 0 Å². The number of hydrogen-bond acceptors (Lipinski definition) is 3. The van der Waals surface area contributed by atoms with E-state index >= 15 is 0 Å². The van der Waals surface area contributed by atoms with Gasteiger partial charge in [-0.05, 0) is 42.4 Å². The molecule has 0 spiro atoms. The van der Waals surface area contributed by atoms with Crippen LogP contribution in [0.5, 0.6) is 5.75 Å². The minimum atomic E-state index is 0.112. The summed E-state index contributed by atoms with van der Waals surface area (Å²) < 4.78 is 11.1. The normalized spacial score (nSPS) is 25.5. The number of hydrogen-bond donors (Lipinski definition) is 1. The lowest BCUT2D eigenvalue weighted by Gasteiger charge is -2.27. The van der Waals surface area contributed by atoms with Crippen LogP contribution >= 0.6 is 0 Å². The van der Waals surface area contributed by atoms with Gasteiger partial charge in [-0.1, -0.05) is 26.0 Å². The topological polar surface area (TPSA) is 44.5 Å². The summed E-state index contributed by atoms with van der Waals surface area (Å²) in [7, 11) is 1.72. The summed E-state index contributed by atoms with van der Waals surface area (Å²) in [5.74, 6) is 0.916. The van der Waals surface area contributed by atoms with Crippen molar-refractivity contribution >= 4 is 0 Å². The highest BCUT2D eigenvalue weighted by atomic mass is 16.5. The summed E-state index contributed by atoms with van der Waals surface area (Å²) in [5.41, 5.74) is 7.71. The van der Waals surface area contributed by atoms with Gasteiger partial charge in [0.15, 0.2) is 0 Å². The van der Waals surface area contributed by atoms with Gasteiger partial charge in [0, 0.05) is 13.2 Å². The molecule has 1 aromatic rings. The Kier molecular flexibility index (Phi) is 4.48. The average molecular weight is 263 g/mol. The molecule has 2 unspecified atom stereocenters. The van der Waals surface area contributed by atoms with E-state index in [0.717, 1.165) is 31.6 Å². The van der Waals surface area contributed by atoms with Crippen molar-refractivity contribution in [3.63, 3.8) is 0 Å². The van der Waals surface area contributed by atoms with Crippen LogP contribution in [0.4, 0.5) is 0 Å². The molecule has 0 bridgehead atoms. The quantitative estimate of drug-likeness (QED) is 0.888. The van der Waals surface area contributed by atoms with E-state index in [1.165, 1.54) is 5.56 Å². The van der Waals surface area contributed by atoms with Crippen LogP contribution in [0.25, 0.3) is 0 Å². The van der Waals surface area contributed by atoms with Gasteiger partial charge in [-0.25, -0.2) is 0 Å². The van der Waals surface area contributed by atoms with E-state index in [9.17, 15) is 0 Å². The molecule has 0 radical (unpaired) electrons. The van der Waals surface area contributed by atoms with Crippen molar-refractivity contribution in [2.24, 2.45) is 11.1 Å². The third-order valence-corrected chi connectivity index (χ3v) is 4.18. The fourth-order valence-electron chi connectivity index (χ4n) is 2.63. The number of nitrogens with two attached hydrogens (primary N) is 1. The predicted octanol–water partition coefficient (Wildman–Crippen LogP) is 2.77. The highest BCUT2D eigenvalue weighted by Gasteiger charge is 2.40. The van der Waals surface area contributed by atoms with Crippen LogP contribution in [0.2, 0.25) is 0 Å². The Morgan fingerprint density at radius 2 is 1.95 bits per heavy atom. The third kappa shape index (κ3) is 3.48. The first-order chi connectivity index (χ1) is 9.03. The molecule has 0 aliphatic heterocycles. The van der Waals surface area contributed by atoms with Crippen LogP contribution in [0.1, 0.15) is 32.3 Å². The second-order valence-electron chi connectivity index (χ2n) is 6.10.